The van der Waals surface area contributed by atoms with E-state index in [1.54, 1.807) is 0 Å². The summed E-state index contributed by atoms with van der Waals surface area (Å²) in [7, 11) is 0. The van der Waals surface area contributed by atoms with Crippen LogP contribution in [0.2, 0.25) is 0 Å². The van der Waals surface area contributed by atoms with Gasteiger partial charge in [-0.3, -0.25) is 0 Å². The van der Waals surface area contributed by atoms with Gasteiger partial charge in [0.2, 0.25) is 0 Å². The molecule has 0 aliphatic heterocycles. The SMILES string of the molecule is N.N.N.N.N.N.N.N.NCCCCCCN.NCCCCCCN.[Pt+2].[Pt+2].[Pt+2]. The van der Waals surface area contributed by atoms with Crippen molar-refractivity contribution in [3.05, 3.63) is 0 Å². The van der Waals surface area contributed by atoms with Gasteiger partial charge in [0, 0.05) is 0 Å². The topological polar surface area (TPSA) is 384 Å². The zero-order valence-corrected chi connectivity index (χ0v) is 24.2. The quantitative estimate of drug-likeness (QED) is 0.140. The monoisotopic (exact) mass is 953 g/mol. The van der Waals surface area contributed by atoms with E-state index in [0.717, 1.165) is 51.9 Å². The molecule has 0 unspecified atom stereocenters. The zero-order chi connectivity index (χ0) is 12.5. The maximum absolute atomic E-state index is 5.28. The molecule has 0 radical (unpaired) electrons. The van der Waals surface area contributed by atoms with Gasteiger partial charge in [0.05, 0.1) is 0 Å². The molecule has 0 aromatic heterocycles. The van der Waals surface area contributed by atoms with Crippen LogP contribution in [0, 0.1) is 0 Å². The standard InChI is InChI=1S/2C6H16N2.8H3N.3Pt/c2*7-5-3-1-2-4-6-8;;;;;;;;;;;/h2*1-8H2;8*1H3;;;/q;;;;;;;;;;3*+2. The van der Waals surface area contributed by atoms with Crippen LogP contribution < -0.4 is 72.1 Å². The van der Waals surface area contributed by atoms with Crippen LogP contribution in [0.1, 0.15) is 51.4 Å². The van der Waals surface area contributed by atoms with E-state index in [1.807, 2.05) is 0 Å². The average Bonchev–Trinajstić information content (AvgIpc) is 2.31. The van der Waals surface area contributed by atoms with Crippen LogP contribution in [0.3, 0.4) is 0 Å². The largest absolute Gasteiger partial charge is 2.00 e. The molecule has 0 fully saturated rings. The second-order valence-corrected chi connectivity index (χ2v) is 3.98. The van der Waals surface area contributed by atoms with Crippen LogP contribution >= 0.6 is 0 Å². The van der Waals surface area contributed by atoms with Gasteiger partial charge in [-0.05, 0) is 51.9 Å². The Labute approximate surface area is 211 Å². The number of unbranched alkanes of at least 4 members (excludes halogenated alkanes) is 6. The Morgan fingerprint density at radius 1 is 0.259 bits per heavy atom. The summed E-state index contributed by atoms with van der Waals surface area (Å²) < 4.78 is 0. The van der Waals surface area contributed by atoms with Crippen LogP contribution in [0.4, 0.5) is 0 Å². The molecule has 32 N–H and O–H groups in total. The Hall–Kier alpha value is 1.58. The van der Waals surface area contributed by atoms with Gasteiger partial charge in [-0.1, -0.05) is 25.7 Å². The molecule has 0 saturated carbocycles. The van der Waals surface area contributed by atoms with Gasteiger partial charge < -0.3 is 72.1 Å². The Bertz CT molecular complexity index is 99.6. The molecule has 15 heteroatoms. The van der Waals surface area contributed by atoms with Crippen molar-refractivity contribution >= 4 is 0 Å². The van der Waals surface area contributed by atoms with Crippen LogP contribution in [0.5, 0.6) is 0 Å². The molecule has 0 aromatic rings. The molecular formula is C12H56N12Pt3+6. The maximum atomic E-state index is 5.28. The summed E-state index contributed by atoms with van der Waals surface area (Å²) >= 11 is 0. The van der Waals surface area contributed by atoms with Crippen LogP contribution in [0.25, 0.3) is 0 Å². The Kier molecular flexibility index (Phi) is 350. The summed E-state index contributed by atoms with van der Waals surface area (Å²) in [6.07, 6.45) is 9.59. The van der Waals surface area contributed by atoms with Crippen LogP contribution in [-0.2, 0) is 63.2 Å². The summed E-state index contributed by atoms with van der Waals surface area (Å²) in [5, 5.41) is 0. The number of nitrogens with two attached hydrogens (primary N) is 4. The van der Waals surface area contributed by atoms with Gasteiger partial charge in [-0.2, -0.15) is 0 Å². The normalized spacial score (nSPS) is 5.78. The van der Waals surface area contributed by atoms with Gasteiger partial charge in [0.1, 0.15) is 0 Å². The molecule has 27 heavy (non-hydrogen) atoms. The molecule has 0 rings (SSSR count). The molecule has 0 spiro atoms. The number of hydrogen-bond acceptors (Lipinski definition) is 12. The minimum atomic E-state index is 0. The summed E-state index contributed by atoms with van der Waals surface area (Å²) in [4.78, 5) is 0. The zero-order valence-electron chi connectivity index (χ0n) is 17.4. The maximum Gasteiger partial charge on any atom is 2.00 e. The Morgan fingerprint density at radius 2 is 0.370 bits per heavy atom. The van der Waals surface area contributed by atoms with E-state index < -0.39 is 0 Å². The van der Waals surface area contributed by atoms with Crippen molar-refractivity contribution in [2.75, 3.05) is 26.2 Å². The third-order valence-electron chi connectivity index (χ3n) is 2.32. The first-order chi connectivity index (χ1) is 7.83. The Morgan fingerprint density at radius 3 is 0.444 bits per heavy atom. The van der Waals surface area contributed by atoms with Crippen LogP contribution in [-0.4, -0.2) is 26.2 Å². The van der Waals surface area contributed by atoms with E-state index in [2.05, 4.69) is 0 Å². The molecule has 0 aliphatic carbocycles. The van der Waals surface area contributed by atoms with E-state index in [9.17, 15) is 0 Å². The predicted molar refractivity (Wildman–Crippen MR) is 113 cm³/mol. The summed E-state index contributed by atoms with van der Waals surface area (Å²) in [6.45, 7) is 3.30. The van der Waals surface area contributed by atoms with E-state index >= 15 is 0 Å². The first-order valence-electron chi connectivity index (χ1n) is 6.63. The third-order valence-corrected chi connectivity index (χ3v) is 2.32. The summed E-state index contributed by atoms with van der Waals surface area (Å²) in [5.74, 6) is 0. The molecular weight excluding hydrogens is 897 g/mol. The van der Waals surface area contributed by atoms with Gasteiger partial charge in [-0.15, -0.1) is 0 Å². The van der Waals surface area contributed by atoms with Crippen LogP contribution in [0.15, 0.2) is 0 Å². The third kappa shape index (κ3) is 135. The first-order valence-corrected chi connectivity index (χ1v) is 6.63. The Balaban J connectivity index is -0.00000000938. The van der Waals surface area contributed by atoms with Crippen molar-refractivity contribution < 1.29 is 63.2 Å². The van der Waals surface area contributed by atoms with Crippen molar-refractivity contribution in [2.45, 2.75) is 51.4 Å². The van der Waals surface area contributed by atoms with Crippen molar-refractivity contribution in [3.63, 3.8) is 0 Å². The molecule has 0 bridgehead atoms. The van der Waals surface area contributed by atoms with E-state index in [1.165, 1.54) is 25.7 Å². The molecule has 188 valence electrons. The van der Waals surface area contributed by atoms with Crippen molar-refractivity contribution in [3.8, 4) is 0 Å². The van der Waals surface area contributed by atoms with Gasteiger partial charge in [-0.25, -0.2) is 0 Å². The van der Waals surface area contributed by atoms with Gasteiger partial charge in [0.25, 0.3) is 0 Å². The summed E-state index contributed by atoms with van der Waals surface area (Å²) in [6, 6.07) is 0. The molecule has 0 amide bonds. The minimum absolute atomic E-state index is 0. The fraction of sp³-hybridized carbons (Fsp3) is 1.00. The summed E-state index contributed by atoms with van der Waals surface area (Å²) in [5.41, 5.74) is 21.1. The molecule has 0 atom stereocenters. The molecule has 0 aromatic carbocycles. The second-order valence-electron chi connectivity index (χ2n) is 3.98. The van der Waals surface area contributed by atoms with Crippen molar-refractivity contribution in [1.82, 2.24) is 49.2 Å². The number of rotatable bonds is 10. The van der Waals surface area contributed by atoms with Crippen molar-refractivity contribution in [2.24, 2.45) is 22.9 Å². The average molecular weight is 954 g/mol. The molecule has 0 aliphatic rings. The second kappa shape index (κ2) is 106. The van der Waals surface area contributed by atoms with Crippen molar-refractivity contribution in [1.29, 1.82) is 0 Å². The smallest absolute Gasteiger partial charge is 0.344 e. The van der Waals surface area contributed by atoms with Gasteiger partial charge >= 0.3 is 63.2 Å². The molecule has 0 saturated heterocycles. The van der Waals surface area contributed by atoms with E-state index in [4.69, 9.17) is 22.9 Å². The minimum Gasteiger partial charge on any atom is -0.344 e. The number of hydrogen-bond donors (Lipinski definition) is 12. The molecule has 0 heterocycles. The van der Waals surface area contributed by atoms with E-state index in [-0.39, 0.29) is 112 Å². The molecule has 12 nitrogen and oxygen atoms in total. The first kappa shape index (κ1) is 89.6. The van der Waals surface area contributed by atoms with E-state index in [0.29, 0.717) is 0 Å². The fourth-order valence-electron chi connectivity index (χ4n) is 1.28. The van der Waals surface area contributed by atoms with Gasteiger partial charge in [0.15, 0.2) is 0 Å². The fourth-order valence-corrected chi connectivity index (χ4v) is 1.28. The predicted octanol–water partition coefficient (Wildman–Crippen LogP) is 2.22.